The smallest absolute Gasteiger partial charge is 0.127 e. The van der Waals surface area contributed by atoms with Gasteiger partial charge in [-0.15, -0.1) is 0 Å². The maximum absolute atomic E-state index is 13.7. The lowest BCUT2D eigenvalue weighted by Crippen LogP contribution is -2.32. The van der Waals surface area contributed by atoms with Crippen LogP contribution in [0.4, 0.5) is 4.39 Å². The molecule has 0 aliphatic heterocycles. The van der Waals surface area contributed by atoms with Gasteiger partial charge in [-0.2, -0.15) is 5.26 Å². The predicted octanol–water partition coefficient (Wildman–Crippen LogP) is 3.56. The average Bonchev–Trinajstić information content (AvgIpc) is 2.35. The first kappa shape index (κ1) is 13.7. The molecule has 0 radical (unpaired) electrons. The molecule has 1 N–H and O–H groups in total. The Morgan fingerprint density at radius 1 is 1.29 bits per heavy atom. The SMILES string of the molecule is CCC(CC#N)NC(CC)c1ccccc1F. The van der Waals surface area contributed by atoms with Gasteiger partial charge in [-0.25, -0.2) is 4.39 Å². The van der Waals surface area contributed by atoms with Crippen LogP contribution in [0.3, 0.4) is 0 Å². The van der Waals surface area contributed by atoms with Gasteiger partial charge in [0.15, 0.2) is 0 Å². The van der Waals surface area contributed by atoms with Crippen molar-refractivity contribution in [2.24, 2.45) is 0 Å². The van der Waals surface area contributed by atoms with Crippen LogP contribution in [-0.4, -0.2) is 6.04 Å². The average molecular weight is 234 g/mol. The zero-order chi connectivity index (χ0) is 12.7. The molecule has 1 aromatic rings. The van der Waals surface area contributed by atoms with Crippen molar-refractivity contribution in [3.63, 3.8) is 0 Å². The fraction of sp³-hybridized carbons (Fsp3) is 0.500. The summed E-state index contributed by atoms with van der Waals surface area (Å²) in [5.41, 5.74) is 0.686. The normalized spacial score (nSPS) is 14.0. The summed E-state index contributed by atoms with van der Waals surface area (Å²) in [5, 5.41) is 12.1. The van der Waals surface area contributed by atoms with E-state index in [1.165, 1.54) is 6.07 Å². The molecule has 0 saturated carbocycles. The van der Waals surface area contributed by atoms with Crippen molar-refractivity contribution in [3.05, 3.63) is 35.6 Å². The van der Waals surface area contributed by atoms with Crippen molar-refractivity contribution in [2.45, 2.75) is 45.2 Å². The van der Waals surface area contributed by atoms with Crippen molar-refractivity contribution in [1.82, 2.24) is 5.32 Å². The number of hydrogen-bond donors (Lipinski definition) is 1. The fourth-order valence-electron chi connectivity index (χ4n) is 1.90. The van der Waals surface area contributed by atoms with Crippen LogP contribution in [0.15, 0.2) is 24.3 Å². The number of halogens is 1. The van der Waals surface area contributed by atoms with Gasteiger partial charge in [-0.3, -0.25) is 0 Å². The summed E-state index contributed by atoms with van der Waals surface area (Å²) in [6.45, 7) is 4.05. The number of nitrogens with zero attached hydrogens (tertiary/aromatic N) is 1. The molecule has 1 aromatic carbocycles. The first-order valence-corrected chi connectivity index (χ1v) is 6.10. The van der Waals surface area contributed by atoms with E-state index in [0.29, 0.717) is 12.0 Å². The van der Waals surface area contributed by atoms with E-state index in [-0.39, 0.29) is 17.9 Å². The van der Waals surface area contributed by atoms with Gasteiger partial charge in [-0.1, -0.05) is 32.0 Å². The van der Waals surface area contributed by atoms with Crippen LogP contribution in [0.5, 0.6) is 0 Å². The highest BCUT2D eigenvalue weighted by Crippen LogP contribution is 2.21. The second-order valence-electron chi connectivity index (χ2n) is 4.12. The third kappa shape index (κ3) is 3.83. The molecule has 0 spiro atoms. The lowest BCUT2D eigenvalue weighted by molar-refractivity contribution is 0.408. The molecule has 0 aliphatic rings. The van der Waals surface area contributed by atoms with Crippen LogP contribution in [0.1, 0.15) is 44.7 Å². The molecule has 1 rings (SSSR count). The third-order valence-corrected chi connectivity index (χ3v) is 2.96. The molecule has 17 heavy (non-hydrogen) atoms. The summed E-state index contributed by atoms with van der Waals surface area (Å²) in [4.78, 5) is 0. The molecular weight excluding hydrogens is 215 g/mol. The molecule has 0 bridgehead atoms. The predicted molar refractivity (Wildman–Crippen MR) is 66.9 cm³/mol. The molecule has 0 aliphatic carbocycles. The molecule has 0 amide bonds. The molecule has 0 saturated heterocycles. The van der Waals surface area contributed by atoms with Crippen LogP contribution >= 0.6 is 0 Å². The molecule has 92 valence electrons. The van der Waals surface area contributed by atoms with Crippen molar-refractivity contribution < 1.29 is 4.39 Å². The van der Waals surface area contributed by atoms with Gasteiger partial charge in [0.05, 0.1) is 12.5 Å². The van der Waals surface area contributed by atoms with Crippen molar-refractivity contribution in [3.8, 4) is 6.07 Å². The number of rotatable bonds is 6. The van der Waals surface area contributed by atoms with E-state index in [4.69, 9.17) is 5.26 Å². The third-order valence-electron chi connectivity index (χ3n) is 2.96. The van der Waals surface area contributed by atoms with E-state index in [9.17, 15) is 4.39 Å². The minimum Gasteiger partial charge on any atom is -0.306 e. The lowest BCUT2D eigenvalue weighted by Gasteiger charge is -2.23. The number of hydrogen-bond acceptors (Lipinski definition) is 2. The van der Waals surface area contributed by atoms with Gasteiger partial charge in [0.25, 0.3) is 0 Å². The van der Waals surface area contributed by atoms with Crippen LogP contribution in [0.25, 0.3) is 0 Å². The highest BCUT2D eigenvalue weighted by molar-refractivity contribution is 5.21. The first-order valence-electron chi connectivity index (χ1n) is 6.10. The molecule has 0 fully saturated rings. The zero-order valence-electron chi connectivity index (χ0n) is 10.4. The van der Waals surface area contributed by atoms with E-state index in [0.717, 1.165) is 12.8 Å². The van der Waals surface area contributed by atoms with Gasteiger partial charge < -0.3 is 5.32 Å². The van der Waals surface area contributed by atoms with Crippen molar-refractivity contribution in [1.29, 1.82) is 5.26 Å². The molecule has 2 unspecified atom stereocenters. The Bertz CT molecular complexity index is 384. The Morgan fingerprint density at radius 3 is 2.53 bits per heavy atom. The Kier molecular flexibility index (Phi) is 5.65. The van der Waals surface area contributed by atoms with E-state index < -0.39 is 0 Å². The molecule has 0 heterocycles. The minimum absolute atomic E-state index is 0.0190. The lowest BCUT2D eigenvalue weighted by atomic mass is 10.0. The summed E-state index contributed by atoms with van der Waals surface area (Å²) in [6.07, 6.45) is 2.14. The second kappa shape index (κ2) is 7.03. The summed E-state index contributed by atoms with van der Waals surface area (Å²) >= 11 is 0. The molecule has 0 aromatic heterocycles. The molecule has 3 heteroatoms. The van der Waals surface area contributed by atoms with E-state index >= 15 is 0 Å². The summed E-state index contributed by atoms with van der Waals surface area (Å²) < 4.78 is 13.7. The number of benzene rings is 1. The maximum atomic E-state index is 13.7. The van der Waals surface area contributed by atoms with Crippen LogP contribution in [0, 0.1) is 17.1 Å². The largest absolute Gasteiger partial charge is 0.306 e. The van der Waals surface area contributed by atoms with Crippen LogP contribution < -0.4 is 5.32 Å². The monoisotopic (exact) mass is 234 g/mol. The standard InChI is InChI=1S/C14H19FN2/c1-3-11(9-10-16)17-14(4-2)12-7-5-6-8-13(12)15/h5-8,11,14,17H,3-4,9H2,1-2H3. The zero-order valence-corrected chi connectivity index (χ0v) is 10.4. The quantitative estimate of drug-likeness (QED) is 0.817. The number of nitriles is 1. The van der Waals surface area contributed by atoms with Crippen LogP contribution in [0.2, 0.25) is 0 Å². The van der Waals surface area contributed by atoms with Crippen molar-refractivity contribution >= 4 is 0 Å². The highest BCUT2D eigenvalue weighted by Gasteiger charge is 2.16. The summed E-state index contributed by atoms with van der Waals surface area (Å²) in [6, 6.07) is 9.08. The Labute approximate surface area is 102 Å². The number of nitrogens with one attached hydrogen (secondary N) is 1. The summed E-state index contributed by atoms with van der Waals surface area (Å²) in [7, 11) is 0. The molecule has 2 nitrogen and oxygen atoms in total. The second-order valence-corrected chi connectivity index (χ2v) is 4.12. The van der Waals surface area contributed by atoms with Gasteiger partial charge in [0, 0.05) is 17.6 Å². The van der Waals surface area contributed by atoms with Crippen LogP contribution in [-0.2, 0) is 0 Å². The Hall–Kier alpha value is -1.40. The maximum Gasteiger partial charge on any atom is 0.127 e. The van der Waals surface area contributed by atoms with Gasteiger partial charge in [0.1, 0.15) is 5.82 Å². The van der Waals surface area contributed by atoms with Gasteiger partial charge in [0.2, 0.25) is 0 Å². The fourth-order valence-corrected chi connectivity index (χ4v) is 1.90. The molecular formula is C14H19FN2. The van der Waals surface area contributed by atoms with Gasteiger partial charge >= 0.3 is 0 Å². The highest BCUT2D eigenvalue weighted by atomic mass is 19.1. The summed E-state index contributed by atoms with van der Waals surface area (Å²) in [5.74, 6) is -0.182. The van der Waals surface area contributed by atoms with Gasteiger partial charge in [-0.05, 0) is 18.9 Å². The van der Waals surface area contributed by atoms with Crippen molar-refractivity contribution in [2.75, 3.05) is 0 Å². The van der Waals surface area contributed by atoms with E-state index in [2.05, 4.69) is 11.4 Å². The Morgan fingerprint density at radius 2 is 2.00 bits per heavy atom. The molecule has 2 atom stereocenters. The van der Waals surface area contributed by atoms with E-state index in [1.807, 2.05) is 19.9 Å². The van der Waals surface area contributed by atoms with E-state index in [1.54, 1.807) is 12.1 Å². The Balaban J connectivity index is 2.79. The first-order chi connectivity index (χ1) is 8.22. The minimum atomic E-state index is -0.182. The topological polar surface area (TPSA) is 35.8 Å².